The summed E-state index contributed by atoms with van der Waals surface area (Å²) in [4.78, 5) is 24.2. The highest BCUT2D eigenvalue weighted by Gasteiger charge is 2.28. The second kappa shape index (κ2) is 7.75. The standard InChI is InChI=1S/C18H24N2O5S/c1-13(17(21)19-15-7-8-15)25-18(22)14-5-9-16(10-6-14)26(23,24)20-11-3-2-4-12-20/h5-6,9-10,13,15H,2-4,7-8,11-12H2,1H3,(H,19,21)/t13-/m1/s1. The Labute approximate surface area is 153 Å². The summed E-state index contributed by atoms with van der Waals surface area (Å²) in [5.41, 5.74) is 0.216. The molecule has 3 rings (SSSR count). The molecule has 2 aliphatic rings. The highest BCUT2D eigenvalue weighted by Crippen LogP contribution is 2.21. The average molecular weight is 380 g/mol. The second-order valence-electron chi connectivity index (χ2n) is 6.82. The normalized spacial score (nSPS) is 19.6. The number of sulfonamides is 1. The third kappa shape index (κ3) is 4.42. The predicted octanol–water partition coefficient (Wildman–Crippen LogP) is 1.69. The monoisotopic (exact) mass is 380 g/mol. The van der Waals surface area contributed by atoms with Gasteiger partial charge in [-0.15, -0.1) is 0 Å². The maximum Gasteiger partial charge on any atom is 0.338 e. The van der Waals surface area contributed by atoms with Crippen molar-refractivity contribution in [1.82, 2.24) is 9.62 Å². The van der Waals surface area contributed by atoms with Crippen LogP contribution in [-0.4, -0.2) is 49.8 Å². The van der Waals surface area contributed by atoms with Gasteiger partial charge in [0.25, 0.3) is 5.91 Å². The topological polar surface area (TPSA) is 92.8 Å². The van der Waals surface area contributed by atoms with Crippen molar-refractivity contribution in [2.45, 2.75) is 56.1 Å². The Morgan fingerprint density at radius 1 is 1.12 bits per heavy atom. The molecular formula is C18H24N2O5S. The molecule has 1 N–H and O–H groups in total. The van der Waals surface area contributed by atoms with E-state index in [1.54, 1.807) is 0 Å². The van der Waals surface area contributed by atoms with Crippen molar-refractivity contribution in [2.75, 3.05) is 13.1 Å². The molecule has 1 saturated heterocycles. The first-order valence-corrected chi connectivity index (χ1v) is 10.4. The molecule has 0 unspecified atom stereocenters. The van der Waals surface area contributed by atoms with Crippen LogP contribution in [0, 0.1) is 0 Å². The lowest BCUT2D eigenvalue weighted by molar-refractivity contribution is -0.129. The summed E-state index contributed by atoms with van der Waals surface area (Å²) in [7, 11) is -3.53. The molecular weight excluding hydrogens is 356 g/mol. The molecule has 7 nitrogen and oxygen atoms in total. The average Bonchev–Trinajstić information content (AvgIpc) is 3.46. The summed E-state index contributed by atoms with van der Waals surface area (Å²) in [5, 5.41) is 2.77. The first-order valence-electron chi connectivity index (χ1n) is 8.99. The maximum atomic E-state index is 12.6. The van der Waals surface area contributed by atoms with Crippen LogP contribution in [0.2, 0.25) is 0 Å². The van der Waals surface area contributed by atoms with E-state index in [2.05, 4.69) is 5.32 Å². The van der Waals surface area contributed by atoms with Gasteiger partial charge in [-0.25, -0.2) is 13.2 Å². The summed E-state index contributed by atoms with van der Waals surface area (Å²) >= 11 is 0. The number of carbonyl (C=O) groups is 2. The van der Waals surface area contributed by atoms with Crippen LogP contribution in [0.5, 0.6) is 0 Å². The van der Waals surface area contributed by atoms with E-state index in [0.717, 1.165) is 32.1 Å². The van der Waals surface area contributed by atoms with Crippen molar-refractivity contribution in [3.63, 3.8) is 0 Å². The van der Waals surface area contributed by atoms with Crippen molar-refractivity contribution in [3.8, 4) is 0 Å². The largest absolute Gasteiger partial charge is 0.449 e. The summed E-state index contributed by atoms with van der Waals surface area (Å²) in [6.45, 7) is 2.57. The Bertz CT molecular complexity index is 765. The smallest absolute Gasteiger partial charge is 0.338 e. The number of benzene rings is 1. The third-order valence-corrected chi connectivity index (χ3v) is 6.53. The minimum absolute atomic E-state index is 0.162. The Morgan fingerprint density at radius 3 is 2.31 bits per heavy atom. The van der Waals surface area contributed by atoms with E-state index in [-0.39, 0.29) is 22.4 Å². The van der Waals surface area contributed by atoms with Crippen LogP contribution in [0.1, 0.15) is 49.4 Å². The zero-order valence-corrected chi connectivity index (χ0v) is 15.6. The third-order valence-electron chi connectivity index (χ3n) is 4.62. The fourth-order valence-corrected chi connectivity index (χ4v) is 4.36. The number of carbonyl (C=O) groups excluding carboxylic acids is 2. The molecule has 142 valence electrons. The van der Waals surface area contributed by atoms with Crippen LogP contribution < -0.4 is 5.32 Å². The van der Waals surface area contributed by atoms with E-state index in [9.17, 15) is 18.0 Å². The highest BCUT2D eigenvalue weighted by molar-refractivity contribution is 7.89. The van der Waals surface area contributed by atoms with Gasteiger partial charge in [-0.3, -0.25) is 4.79 Å². The minimum Gasteiger partial charge on any atom is -0.449 e. The fraction of sp³-hybridized carbons (Fsp3) is 0.556. The van der Waals surface area contributed by atoms with E-state index in [4.69, 9.17) is 4.74 Å². The Balaban J connectivity index is 1.62. The number of amides is 1. The zero-order valence-electron chi connectivity index (χ0n) is 14.8. The number of nitrogens with zero attached hydrogens (tertiary/aromatic N) is 1. The van der Waals surface area contributed by atoms with Crippen LogP contribution in [0.3, 0.4) is 0 Å². The molecule has 8 heteroatoms. The second-order valence-corrected chi connectivity index (χ2v) is 8.76. The van der Waals surface area contributed by atoms with Gasteiger partial charge >= 0.3 is 5.97 Å². The van der Waals surface area contributed by atoms with Gasteiger partial charge in [0.15, 0.2) is 6.10 Å². The zero-order chi connectivity index (χ0) is 18.7. The molecule has 1 aromatic carbocycles. The van der Waals surface area contributed by atoms with Crippen LogP contribution in [0.25, 0.3) is 0 Å². The van der Waals surface area contributed by atoms with Crippen molar-refractivity contribution in [3.05, 3.63) is 29.8 Å². The first kappa shape index (κ1) is 18.8. The lowest BCUT2D eigenvalue weighted by Gasteiger charge is -2.25. The Morgan fingerprint density at radius 2 is 1.73 bits per heavy atom. The molecule has 0 bridgehead atoms. The van der Waals surface area contributed by atoms with E-state index >= 15 is 0 Å². The number of hydrogen-bond donors (Lipinski definition) is 1. The predicted molar refractivity (Wildman–Crippen MR) is 95.1 cm³/mol. The molecule has 1 aromatic rings. The summed E-state index contributed by atoms with van der Waals surface area (Å²) in [5.74, 6) is -0.962. The lowest BCUT2D eigenvalue weighted by Crippen LogP contribution is -2.37. The molecule has 1 aliphatic carbocycles. The molecule has 1 saturated carbocycles. The SMILES string of the molecule is C[C@@H](OC(=O)c1ccc(S(=O)(=O)N2CCCCC2)cc1)C(=O)NC1CC1. The molecule has 1 aliphatic heterocycles. The lowest BCUT2D eigenvalue weighted by atomic mass is 10.2. The highest BCUT2D eigenvalue weighted by atomic mass is 32.2. The molecule has 1 amide bonds. The molecule has 0 aromatic heterocycles. The van der Waals surface area contributed by atoms with Gasteiger partial charge in [0.1, 0.15) is 0 Å². The van der Waals surface area contributed by atoms with Gasteiger partial charge in [-0.1, -0.05) is 6.42 Å². The molecule has 2 fully saturated rings. The number of ether oxygens (including phenoxy) is 1. The number of hydrogen-bond acceptors (Lipinski definition) is 5. The quantitative estimate of drug-likeness (QED) is 0.758. The van der Waals surface area contributed by atoms with Crippen LogP contribution in [0.15, 0.2) is 29.2 Å². The molecule has 26 heavy (non-hydrogen) atoms. The number of rotatable bonds is 6. The number of esters is 1. The van der Waals surface area contributed by atoms with Gasteiger partial charge in [-0.2, -0.15) is 4.31 Å². The molecule has 1 atom stereocenters. The van der Waals surface area contributed by atoms with Crippen molar-refractivity contribution < 1.29 is 22.7 Å². The van der Waals surface area contributed by atoms with E-state index in [1.807, 2.05) is 0 Å². The van der Waals surface area contributed by atoms with E-state index < -0.39 is 22.1 Å². The Hall–Kier alpha value is -1.93. The van der Waals surface area contributed by atoms with Crippen molar-refractivity contribution in [2.24, 2.45) is 0 Å². The Kier molecular flexibility index (Phi) is 5.62. The molecule has 0 radical (unpaired) electrons. The minimum atomic E-state index is -3.53. The van der Waals surface area contributed by atoms with Gasteiger partial charge in [-0.05, 0) is 56.9 Å². The molecule has 1 heterocycles. The van der Waals surface area contributed by atoms with Gasteiger partial charge in [0, 0.05) is 19.1 Å². The van der Waals surface area contributed by atoms with Crippen molar-refractivity contribution in [1.29, 1.82) is 0 Å². The van der Waals surface area contributed by atoms with Crippen molar-refractivity contribution >= 4 is 21.9 Å². The van der Waals surface area contributed by atoms with Gasteiger partial charge in [0.2, 0.25) is 10.0 Å². The first-order chi connectivity index (χ1) is 12.4. The summed E-state index contributed by atoms with van der Waals surface area (Å²) < 4.78 is 31.8. The van der Waals surface area contributed by atoms with Gasteiger partial charge < -0.3 is 10.1 Å². The maximum absolute atomic E-state index is 12.6. The van der Waals surface area contributed by atoms with Gasteiger partial charge in [0.05, 0.1) is 10.5 Å². The van der Waals surface area contributed by atoms with Crippen LogP contribution in [0.4, 0.5) is 0 Å². The fourth-order valence-electron chi connectivity index (χ4n) is 2.85. The van der Waals surface area contributed by atoms with E-state index in [1.165, 1.54) is 35.5 Å². The van der Waals surface area contributed by atoms with E-state index in [0.29, 0.717) is 13.1 Å². The molecule has 0 spiro atoms. The van der Waals surface area contributed by atoms with Crippen LogP contribution >= 0.6 is 0 Å². The summed E-state index contributed by atoms with van der Waals surface area (Å²) in [6, 6.07) is 5.86. The van der Waals surface area contributed by atoms with Crippen LogP contribution in [-0.2, 0) is 19.6 Å². The summed E-state index contributed by atoms with van der Waals surface area (Å²) in [6.07, 6.45) is 3.80. The number of nitrogens with one attached hydrogen (secondary N) is 1. The number of piperidine rings is 1.